The van der Waals surface area contributed by atoms with Crippen molar-refractivity contribution < 1.29 is 14.3 Å². The van der Waals surface area contributed by atoms with Gasteiger partial charge in [0.05, 0.1) is 25.7 Å². The van der Waals surface area contributed by atoms with Gasteiger partial charge < -0.3 is 9.47 Å². The summed E-state index contributed by atoms with van der Waals surface area (Å²) in [4.78, 5) is 31.9. The lowest BCUT2D eigenvalue weighted by molar-refractivity contribution is 0.102. The van der Waals surface area contributed by atoms with Crippen molar-refractivity contribution in [2.75, 3.05) is 20.0 Å². The Hall–Kier alpha value is -2.95. The normalized spacial score (nSPS) is 14.1. The van der Waals surface area contributed by atoms with Gasteiger partial charge >= 0.3 is 0 Å². The lowest BCUT2D eigenvalue weighted by Crippen LogP contribution is -2.29. The van der Waals surface area contributed by atoms with Crippen LogP contribution in [0.15, 0.2) is 58.5 Å². The lowest BCUT2D eigenvalue weighted by atomic mass is 9.95. The number of nitrogens with zero attached hydrogens (tertiary/aromatic N) is 3. The van der Waals surface area contributed by atoms with Crippen LogP contribution in [-0.4, -0.2) is 39.9 Å². The molecule has 1 saturated carbocycles. The van der Waals surface area contributed by atoms with Crippen LogP contribution in [0.4, 0.5) is 0 Å². The van der Waals surface area contributed by atoms with E-state index < -0.39 is 0 Å². The summed E-state index contributed by atoms with van der Waals surface area (Å²) in [7, 11) is 3.18. The van der Waals surface area contributed by atoms with Gasteiger partial charge in [-0.2, -0.15) is 0 Å². The van der Waals surface area contributed by atoms with E-state index in [2.05, 4.69) is 0 Å². The van der Waals surface area contributed by atoms with Crippen LogP contribution in [-0.2, 0) is 0 Å². The Kier molecular flexibility index (Phi) is 7.78. The van der Waals surface area contributed by atoms with Gasteiger partial charge in [-0.3, -0.25) is 18.7 Å². The van der Waals surface area contributed by atoms with Crippen LogP contribution in [0.25, 0.3) is 16.0 Å². The zero-order valence-corrected chi connectivity index (χ0v) is 23.1. The third-order valence-electron chi connectivity index (χ3n) is 6.60. The maximum atomic E-state index is 14.0. The number of ether oxygens (including phenoxy) is 2. The number of carbonyl (C=O) groups excluding carboxylic acids is 1. The summed E-state index contributed by atoms with van der Waals surface area (Å²) < 4.78 is 15.6. The summed E-state index contributed by atoms with van der Waals surface area (Å²) in [5.74, 6) is 1.40. The summed E-state index contributed by atoms with van der Waals surface area (Å²) in [5.41, 5.74) is 1.65. The minimum absolute atomic E-state index is 0.00763. The number of rotatable bonds is 8. The first-order valence-corrected chi connectivity index (χ1v) is 14.3. The monoisotopic (exact) mass is 553 g/mol. The van der Waals surface area contributed by atoms with Gasteiger partial charge in [-0.05, 0) is 37.2 Å². The fourth-order valence-corrected chi connectivity index (χ4v) is 6.98. The van der Waals surface area contributed by atoms with Crippen LogP contribution in [0.1, 0.15) is 48.5 Å². The van der Waals surface area contributed by atoms with Crippen molar-refractivity contribution in [3.05, 3.63) is 68.4 Å². The molecule has 2 heterocycles. The van der Waals surface area contributed by atoms with Crippen molar-refractivity contribution in [2.45, 2.75) is 43.3 Å². The number of thiazole rings is 1. The maximum absolute atomic E-state index is 14.0. The van der Waals surface area contributed by atoms with Gasteiger partial charge in [-0.1, -0.05) is 72.7 Å². The molecule has 0 bridgehead atoms. The van der Waals surface area contributed by atoms with E-state index >= 15 is 0 Å². The number of carbonyl (C=O) groups is 1. The van der Waals surface area contributed by atoms with Gasteiger partial charge in [-0.15, -0.1) is 0 Å². The Labute approximate surface area is 228 Å². The second-order valence-corrected chi connectivity index (χ2v) is 11.4. The molecule has 0 saturated heterocycles. The standard InChI is InChI=1S/C27H27N3O4S3/c1-33-19-13-14-22(34-2)20(15-19)30-24-23(37-27(30)35)25(32)29(18-11-7-4-8-12-18)26(28-24)36-16-21(31)17-9-5-3-6-10-17/h3,5-6,9-10,13-15,18H,4,7-8,11-12,16H2,1-2H3. The molecule has 37 heavy (non-hydrogen) atoms. The average Bonchev–Trinajstić information content (AvgIpc) is 3.28. The van der Waals surface area contributed by atoms with Gasteiger partial charge in [0.1, 0.15) is 16.2 Å². The third kappa shape index (κ3) is 5.10. The van der Waals surface area contributed by atoms with E-state index in [0.717, 1.165) is 25.7 Å². The molecule has 0 radical (unpaired) electrons. The molecule has 1 aliphatic rings. The highest BCUT2D eigenvalue weighted by atomic mass is 32.2. The minimum Gasteiger partial charge on any atom is -0.497 e. The number of methoxy groups -OCH3 is 2. The van der Waals surface area contributed by atoms with Crippen molar-refractivity contribution in [1.29, 1.82) is 0 Å². The molecule has 7 nitrogen and oxygen atoms in total. The topological polar surface area (TPSA) is 75.3 Å². The molecule has 2 aromatic heterocycles. The number of fused-ring (bicyclic) bond motifs is 1. The van der Waals surface area contributed by atoms with Crippen molar-refractivity contribution in [3.63, 3.8) is 0 Å². The Morgan fingerprint density at radius 2 is 1.86 bits per heavy atom. The summed E-state index contributed by atoms with van der Waals surface area (Å²) in [6.07, 6.45) is 5.15. The molecule has 5 rings (SSSR count). The van der Waals surface area contributed by atoms with Gasteiger partial charge in [0.25, 0.3) is 5.56 Å². The molecule has 1 aliphatic carbocycles. The zero-order valence-electron chi connectivity index (χ0n) is 20.6. The Morgan fingerprint density at radius 3 is 2.57 bits per heavy atom. The molecule has 4 aromatic rings. The van der Waals surface area contributed by atoms with E-state index in [1.807, 2.05) is 28.8 Å². The molecule has 0 spiro atoms. The van der Waals surface area contributed by atoms with Crippen molar-refractivity contribution >= 4 is 51.4 Å². The first-order valence-electron chi connectivity index (χ1n) is 12.1. The summed E-state index contributed by atoms with van der Waals surface area (Å²) in [6.45, 7) is 0. The van der Waals surface area contributed by atoms with Crippen LogP contribution in [0.5, 0.6) is 11.5 Å². The summed E-state index contributed by atoms with van der Waals surface area (Å²) >= 11 is 8.29. The molecule has 0 unspecified atom stereocenters. The van der Waals surface area contributed by atoms with E-state index in [4.69, 9.17) is 26.7 Å². The molecule has 10 heteroatoms. The SMILES string of the molecule is COc1ccc(OC)c(-n2c(=S)sc3c(=O)n(C4CCCCC4)c(SCC(=O)c4ccccc4)nc32)c1. The largest absolute Gasteiger partial charge is 0.497 e. The van der Waals surface area contributed by atoms with Crippen molar-refractivity contribution in [1.82, 2.24) is 14.1 Å². The van der Waals surface area contributed by atoms with Crippen LogP contribution in [0.3, 0.4) is 0 Å². The molecule has 192 valence electrons. The number of hydrogen-bond acceptors (Lipinski definition) is 8. The second kappa shape index (κ2) is 11.2. The van der Waals surface area contributed by atoms with Crippen LogP contribution < -0.4 is 15.0 Å². The molecule has 0 atom stereocenters. The Balaban J connectivity index is 1.66. The molecule has 1 fully saturated rings. The predicted octanol–water partition coefficient (Wildman–Crippen LogP) is 6.48. The highest BCUT2D eigenvalue weighted by molar-refractivity contribution is 7.99. The second-order valence-electron chi connectivity index (χ2n) is 8.83. The van der Waals surface area contributed by atoms with Crippen LogP contribution in [0, 0.1) is 3.95 Å². The predicted molar refractivity (Wildman–Crippen MR) is 151 cm³/mol. The van der Waals surface area contributed by atoms with E-state index in [9.17, 15) is 9.59 Å². The number of Topliss-reactive ketones (excluding diaryl/α,β-unsaturated/α-hetero) is 1. The van der Waals surface area contributed by atoms with Crippen molar-refractivity contribution in [2.24, 2.45) is 0 Å². The maximum Gasteiger partial charge on any atom is 0.274 e. The van der Waals surface area contributed by atoms with Gasteiger partial charge in [0.15, 0.2) is 20.5 Å². The summed E-state index contributed by atoms with van der Waals surface area (Å²) in [6, 6.07) is 14.7. The smallest absolute Gasteiger partial charge is 0.274 e. The molecule has 0 amide bonds. The first-order chi connectivity index (χ1) is 18.0. The fraction of sp³-hybridized carbons (Fsp3) is 0.333. The molecular formula is C27H27N3O4S3. The van der Waals surface area contributed by atoms with Crippen LogP contribution in [0.2, 0.25) is 0 Å². The number of thioether (sulfide) groups is 1. The Bertz CT molecular complexity index is 1550. The third-order valence-corrected chi connectivity index (χ3v) is 8.91. The Morgan fingerprint density at radius 1 is 1.11 bits per heavy atom. The zero-order chi connectivity index (χ0) is 25.9. The van der Waals surface area contributed by atoms with E-state index in [1.165, 1.54) is 29.5 Å². The molecule has 0 N–H and O–H groups in total. The molecule has 2 aromatic carbocycles. The number of hydrogen-bond donors (Lipinski definition) is 0. The van der Waals surface area contributed by atoms with Crippen LogP contribution >= 0.6 is 35.3 Å². The highest BCUT2D eigenvalue weighted by Crippen LogP contribution is 2.35. The highest BCUT2D eigenvalue weighted by Gasteiger charge is 2.25. The lowest BCUT2D eigenvalue weighted by Gasteiger charge is -2.25. The van der Waals surface area contributed by atoms with E-state index in [0.29, 0.717) is 42.2 Å². The van der Waals surface area contributed by atoms with Gasteiger partial charge in [0, 0.05) is 17.7 Å². The number of aromatic nitrogens is 3. The average molecular weight is 554 g/mol. The number of benzene rings is 2. The number of ketones is 1. The van der Waals surface area contributed by atoms with Gasteiger partial charge in [0.2, 0.25) is 0 Å². The molecular weight excluding hydrogens is 527 g/mol. The summed E-state index contributed by atoms with van der Waals surface area (Å²) in [5, 5.41) is 0.539. The quantitative estimate of drug-likeness (QED) is 0.107. The minimum atomic E-state index is -0.108. The van der Waals surface area contributed by atoms with E-state index in [-0.39, 0.29) is 23.1 Å². The molecule has 0 aliphatic heterocycles. The van der Waals surface area contributed by atoms with E-state index in [1.54, 1.807) is 43.1 Å². The van der Waals surface area contributed by atoms with Gasteiger partial charge in [-0.25, -0.2) is 4.98 Å². The first kappa shape index (κ1) is 25.7. The van der Waals surface area contributed by atoms with Crippen molar-refractivity contribution in [3.8, 4) is 17.2 Å². The fourth-order valence-electron chi connectivity index (χ4n) is 4.73.